The van der Waals surface area contributed by atoms with Gasteiger partial charge in [0.2, 0.25) is 5.91 Å². The molecule has 1 fully saturated rings. The Morgan fingerprint density at radius 1 is 1.48 bits per heavy atom. The molecular formula is C16H18FNO2S. The van der Waals surface area contributed by atoms with E-state index in [9.17, 15) is 9.18 Å². The van der Waals surface area contributed by atoms with E-state index >= 15 is 0 Å². The van der Waals surface area contributed by atoms with E-state index in [-0.39, 0.29) is 23.5 Å². The first-order chi connectivity index (χ1) is 10.2. The highest BCUT2D eigenvalue weighted by Gasteiger charge is 2.22. The molecule has 1 aliphatic rings. The summed E-state index contributed by atoms with van der Waals surface area (Å²) in [4.78, 5) is 12.1. The Kier molecular flexibility index (Phi) is 6.09. The zero-order valence-electron chi connectivity index (χ0n) is 11.7. The van der Waals surface area contributed by atoms with Crippen molar-refractivity contribution in [2.24, 2.45) is 0 Å². The summed E-state index contributed by atoms with van der Waals surface area (Å²) in [6, 6.07) is 4.49. The molecule has 1 saturated heterocycles. The molecule has 1 aromatic carbocycles. The van der Waals surface area contributed by atoms with E-state index in [1.54, 1.807) is 17.8 Å². The maximum absolute atomic E-state index is 13.9. The van der Waals surface area contributed by atoms with Gasteiger partial charge in [-0.05, 0) is 36.8 Å². The Morgan fingerprint density at radius 2 is 2.33 bits per heavy atom. The molecule has 5 heteroatoms. The smallest absolute Gasteiger partial charge is 0.237 e. The fourth-order valence-electron chi connectivity index (χ4n) is 2.08. The maximum atomic E-state index is 13.9. The lowest BCUT2D eigenvalue weighted by atomic mass is 10.1. The second-order valence-electron chi connectivity index (χ2n) is 4.81. The van der Waals surface area contributed by atoms with Crippen molar-refractivity contribution in [1.29, 1.82) is 0 Å². The van der Waals surface area contributed by atoms with Gasteiger partial charge in [0, 0.05) is 12.0 Å². The Balaban J connectivity index is 2.00. The molecule has 0 spiro atoms. The highest BCUT2D eigenvalue weighted by Crippen LogP contribution is 2.26. The zero-order valence-corrected chi connectivity index (χ0v) is 12.5. The number of anilines is 1. The first-order valence-corrected chi connectivity index (χ1v) is 8.07. The Hall–Kier alpha value is -1.51. The van der Waals surface area contributed by atoms with Gasteiger partial charge < -0.3 is 10.4 Å². The van der Waals surface area contributed by atoms with Crippen molar-refractivity contribution in [2.75, 3.05) is 17.7 Å². The number of aliphatic hydroxyl groups is 1. The molecule has 1 aliphatic heterocycles. The van der Waals surface area contributed by atoms with Crippen LogP contribution in [-0.2, 0) is 4.79 Å². The van der Waals surface area contributed by atoms with Crippen molar-refractivity contribution in [3.05, 3.63) is 29.6 Å². The van der Waals surface area contributed by atoms with Gasteiger partial charge in [0.05, 0.1) is 17.5 Å². The number of carbonyl (C=O) groups excluding carboxylic acids is 1. The van der Waals surface area contributed by atoms with Crippen LogP contribution in [0.4, 0.5) is 10.1 Å². The third-order valence-electron chi connectivity index (χ3n) is 3.17. The third-order valence-corrected chi connectivity index (χ3v) is 4.55. The molecule has 0 radical (unpaired) electrons. The molecule has 0 aromatic heterocycles. The minimum absolute atomic E-state index is 0.0112. The number of hydrogen-bond acceptors (Lipinski definition) is 3. The van der Waals surface area contributed by atoms with E-state index in [0.29, 0.717) is 12.0 Å². The van der Waals surface area contributed by atoms with E-state index < -0.39 is 5.82 Å². The molecule has 2 rings (SSSR count). The van der Waals surface area contributed by atoms with Crippen molar-refractivity contribution >= 4 is 23.4 Å². The van der Waals surface area contributed by atoms with E-state index in [1.807, 2.05) is 0 Å². The molecule has 112 valence electrons. The highest BCUT2D eigenvalue weighted by atomic mass is 32.2. The molecule has 1 unspecified atom stereocenters. The first-order valence-electron chi connectivity index (χ1n) is 7.02. The van der Waals surface area contributed by atoms with Gasteiger partial charge in [-0.3, -0.25) is 4.79 Å². The summed E-state index contributed by atoms with van der Waals surface area (Å²) in [5.74, 6) is 5.87. The van der Waals surface area contributed by atoms with E-state index in [1.165, 1.54) is 12.1 Å². The second kappa shape index (κ2) is 8.06. The quantitative estimate of drug-likeness (QED) is 0.844. The Morgan fingerprint density at radius 3 is 3.00 bits per heavy atom. The van der Waals surface area contributed by atoms with Crippen LogP contribution in [0.15, 0.2) is 18.2 Å². The minimum atomic E-state index is -0.486. The van der Waals surface area contributed by atoms with E-state index in [2.05, 4.69) is 17.2 Å². The minimum Gasteiger partial charge on any atom is -0.395 e. The molecule has 2 N–H and O–H groups in total. The van der Waals surface area contributed by atoms with E-state index in [4.69, 9.17) is 5.11 Å². The third kappa shape index (κ3) is 4.76. The van der Waals surface area contributed by atoms with Gasteiger partial charge >= 0.3 is 0 Å². The average molecular weight is 307 g/mol. The summed E-state index contributed by atoms with van der Waals surface area (Å²) >= 11 is 1.63. The van der Waals surface area contributed by atoms with Crippen LogP contribution in [0.5, 0.6) is 0 Å². The molecule has 0 bridgehead atoms. The second-order valence-corrected chi connectivity index (χ2v) is 6.13. The lowest BCUT2D eigenvalue weighted by Crippen LogP contribution is -2.27. The van der Waals surface area contributed by atoms with Gasteiger partial charge in [0.25, 0.3) is 0 Å². The zero-order chi connectivity index (χ0) is 15.1. The van der Waals surface area contributed by atoms with Crippen LogP contribution < -0.4 is 5.32 Å². The van der Waals surface area contributed by atoms with Crippen molar-refractivity contribution in [2.45, 2.75) is 30.9 Å². The molecular weight excluding hydrogens is 289 g/mol. The summed E-state index contributed by atoms with van der Waals surface area (Å²) in [5, 5.41) is 11.2. The van der Waals surface area contributed by atoms with E-state index in [0.717, 1.165) is 25.0 Å². The van der Waals surface area contributed by atoms with Crippen molar-refractivity contribution < 1.29 is 14.3 Å². The standard InChI is InChI=1S/C16H18FNO2S/c17-13-11-12(5-1-3-9-19)7-8-14(13)18-16(20)15-6-2-4-10-21-15/h7-8,11,15,19H,2-4,6,9-10H2,(H,18,20). The fourth-order valence-corrected chi connectivity index (χ4v) is 3.27. The first kappa shape index (κ1) is 15.9. The predicted molar refractivity (Wildman–Crippen MR) is 83.7 cm³/mol. The number of rotatable bonds is 3. The Bertz CT molecular complexity index is 559. The lowest BCUT2D eigenvalue weighted by Gasteiger charge is -2.20. The number of carbonyl (C=O) groups is 1. The number of hydrogen-bond donors (Lipinski definition) is 2. The molecule has 1 heterocycles. The number of aliphatic hydroxyl groups excluding tert-OH is 1. The molecule has 1 amide bonds. The summed E-state index contributed by atoms with van der Waals surface area (Å²) in [7, 11) is 0. The number of halogens is 1. The number of thioether (sulfide) groups is 1. The van der Waals surface area contributed by atoms with Crippen LogP contribution in [0, 0.1) is 17.7 Å². The van der Waals surface area contributed by atoms with Crippen LogP contribution in [0.25, 0.3) is 0 Å². The van der Waals surface area contributed by atoms with Crippen LogP contribution in [-0.4, -0.2) is 28.6 Å². The van der Waals surface area contributed by atoms with Crippen molar-refractivity contribution in [3.8, 4) is 11.8 Å². The van der Waals surface area contributed by atoms with Gasteiger partial charge in [0.1, 0.15) is 5.82 Å². The summed E-state index contributed by atoms with van der Waals surface area (Å²) in [6.45, 7) is -0.0112. The molecule has 0 aliphatic carbocycles. The SMILES string of the molecule is O=C(Nc1ccc(C#CCCO)cc1F)C1CCCCS1. The largest absolute Gasteiger partial charge is 0.395 e. The monoisotopic (exact) mass is 307 g/mol. The maximum Gasteiger partial charge on any atom is 0.237 e. The number of nitrogens with one attached hydrogen (secondary N) is 1. The van der Waals surface area contributed by atoms with Crippen molar-refractivity contribution in [1.82, 2.24) is 0 Å². The predicted octanol–water partition coefficient (Wildman–Crippen LogP) is 2.78. The molecule has 0 saturated carbocycles. The Labute approximate surface area is 128 Å². The van der Waals surface area contributed by atoms with Gasteiger partial charge in [-0.2, -0.15) is 0 Å². The van der Waals surface area contributed by atoms with Crippen LogP contribution in [0.3, 0.4) is 0 Å². The highest BCUT2D eigenvalue weighted by molar-refractivity contribution is 8.00. The average Bonchev–Trinajstić information content (AvgIpc) is 2.51. The summed E-state index contributed by atoms with van der Waals surface area (Å²) < 4.78 is 13.9. The van der Waals surface area contributed by atoms with Gasteiger partial charge in [-0.1, -0.05) is 18.3 Å². The van der Waals surface area contributed by atoms with Crippen LogP contribution >= 0.6 is 11.8 Å². The van der Waals surface area contributed by atoms with Crippen LogP contribution in [0.1, 0.15) is 31.2 Å². The topological polar surface area (TPSA) is 49.3 Å². The van der Waals surface area contributed by atoms with Crippen molar-refractivity contribution in [3.63, 3.8) is 0 Å². The van der Waals surface area contributed by atoms with Gasteiger partial charge in [-0.25, -0.2) is 4.39 Å². The molecule has 21 heavy (non-hydrogen) atoms. The van der Waals surface area contributed by atoms with Gasteiger partial charge in [-0.15, -0.1) is 11.8 Å². The molecule has 1 atom stereocenters. The number of benzene rings is 1. The lowest BCUT2D eigenvalue weighted by molar-refractivity contribution is -0.115. The number of amides is 1. The normalized spacial score (nSPS) is 17.7. The molecule has 1 aromatic rings. The van der Waals surface area contributed by atoms with Gasteiger partial charge in [0.15, 0.2) is 0 Å². The molecule has 3 nitrogen and oxygen atoms in total. The summed E-state index contributed by atoms with van der Waals surface area (Å²) in [6.07, 6.45) is 3.40. The summed E-state index contributed by atoms with van der Waals surface area (Å²) in [5.41, 5.74) is 0.727. The fraction of sp³-hybridized carbons (Fsp3) is 0.438. The van der Waals surface area contributed by atoms with Crippen LogP contribution in [0.2, 0.25) is 0 Å².